The lowest BCUT2D eigenvalue weighted by Crippen LogP contribution is -2.19. The number of aromatic amines is 1. The number of halogens is 4. The van der Waals surface area contributed by atoms with Gasteiger partial charge in [0, 0.05) is 16.1 Å². The molecule has 2 aromatic rings. The minimum atomic E-state index is -4.74. The molecule has 0 spiro atoms. The van der Waals surface area contributed by atoms with Gasteiger partial charge in [-0.3, -0.25) is 10.1 Å². The van der Waals surface area contributed by atoms with E-state index in [9.17, 15) is 28.1 Å². The van der Waals surface area contributed by atoms with Crippen LogP contribution in [0.2, 0.25) is 0 Å². The SMILES string of the molecule is COc1c(/C=C/c2cc(C(F)(F)F)[nH]c(=O)n2)cc(Br)cc1[N+](=O)[O-]. The summed E-state index contributed by atoms with van der Waals surface area (Å²) in [6.45, 7) is 0. The van der Waals surface area contributed by atoms with Crippen LogP contribution in [0.25, 0.3) is 12.2 Å². The highest BCUT2D eigenvalue weighted by Crippen LogP contribution is 2.35. The number of nitrogens with one attached hydrogen (secondary N) is 1. The van der Waals surface area contributed by atoms with Gasteiger partial charge in [0.1, 0.15) is 5.69 Å². The summed E-state index contributed by atoms with van der Waals surface area (Å²) in [6, 6.07) is 3.35. The molecule has 1 heterocycles. The molecule has 1 aromatic heterocycles. The zero-order chi connectivity index (χ0) is 18.8. The predicted octanol–water partition coefficient (Wildman–Crippen LogP) is 3.64. The molecule has 0 unspecified atom stereocenters. The van der Waals surface area contributed by atoms with E-state index in [4.69, 9.17) is 4.74 Å². The molecular formula is C14H9BrF3N3O4. The fraction of sp³-hybridized carbons (Fsp3) is 0.143. The first-order valence-electron chi connectivity index (χ1n) is 6.50. The third kappa shape index (κ3) is 4.44. The molecule has 11 heteroatoms. The topological polar surface area (TPSA) is 98.1 Å². The normalized spacial score (nSPS) is 11.7. The highest BCUT2D eigenvalue weighted by Gasteiger charge is 2.32. The predicted molar refractivity (Wildman–Crippen MR) is 86.1 cm³/mol. The molecule has 0 aliphatic rings. The Kier molecular flexibility index (Phi) is 5.26. The number of hydrogen-bond donors (Lipinski definition) is 1. The molecule has 132 valence electrons. The van der Waals surface area contributed by atoms with Gasteiger partial charge in [-0.2, -0.15) is 18.2 Å². The Labute approximate surface area is 146 Å². The smallest absolute Gasteiger partial charge is 0.431 e. The number of aromatic nitrogens is 2. The lowest BCUT2D eigenvalue weighted by Gasteiger charge is -2.07. The highest BCUT2D eigenvalue weighted by atomic mass is 79.9. The van der Waals surface area contributed by atoms with Crippen molar-refractivity contribution in [2.75, 3.05) is 7.11 Å². The van der Waals surface area contributed by atoms with E-state index in [0.29, 0.717) is 10.5 Å². The Hall–Kier alpha value is -2.69. The molecule has 1 aromatic carbocycles. The molecule has 7 nitrogen and oxygen atoms in total. The van der Waals surface area contributed by atoms with Crippen molar-refractivity contribution in [1.29, 1.82) is 0 Å². The van der Waals surface area contributed by atoms with Crippen LogP contribution in [0.5, 0.6) is 5.75 Å². The summed E-state index contributed by atoms with van der Waals surface area (Å²) in [6.07, 6.45) is -2.35. The van der Waals surface area contributed by atoms with Gasteiger partial charge in [-0.1, -0.05) is 15.9 Å². The van der Waals surface area contributed by atoms with Gasteiger partial charge in [-0.25, -0.2) is 4.79 Å². The van der Waals surface area contributed by atoms with E-state index in [1.165, 1.54) is 25.3 Å². The van der Waals surface area contributed by atoms with Crippen LogP contribution in [0.3, 0.4) is 0 Å². The Morgan fingerprint density at radius 3 is 2.56 bits per heavy atom. The Balaban J connectivity index is 2.52. The number of ether oxygens (including phenoxy) is 1. The van der Waals surface area contributed by atoms with Gasteiger partial charge in [0.05, 0.1) is 17.7 Å². The van der Waals surface area contributed by atoms with Crippen molar-refractivity contribution in [3.63, 3.8) is 0 Å². The van der Waals surface area contributed by atoms with Crippen molar-refractivity contribution in [2.24, 2.45) is 0 Å². The number of hydrogen-bond acceptors (Lipinski definition) is 5. The van der Waals surface area contributed by atoms with Crippen molar-refractivity contribution < 1.29 is 22.8 Å². The fourth-order valence-electron chi connectivity index (χ4n) is 1.97. The van der Waals surface area contributed by atoms with E-state index in [0.717, 1.165) is 6.08 Å². The van der Waals surface area contributed by atoms with E-state index in [1.807, 2.05) is 0 Å². The number of alkyl halides is 3. The van der Waals surface area contributed by atoms with Gasteiger partial charge in [-0.15, -0.1) is 0 Å². The molecule has 25 heavy (non-hydrogen) atoms. The van der Waals surface area contributed by atoms with Gasteiger partial charge in [0.2, 0.25) is 5.75 Å². The van der Waals surface area contributed by atoms with Crippen LogP contribution in [-0.4, -0.2) is 22.0 Å². The highest BCUT2D eigenvalue weighted by molar-refractivity contribution is 9.10. The molecule has 2 rings (SSSR count). The van der Waals surface area contributed by atoms with E-state index >= 15 is 0 Å². The van der Waals surface area contributed by atoms with Crippen molar-refractivity contribution in [3.8, 4) is 5.75 Å². The number of H-pyrrole nitrogens is 1. The second-order valence-electron chi connectivity index (χ2n) is 4.66. The van der Waals surface area contributed by atoms with Gasteiger partial charge in [-0.05, 0) is 24.3 Å². The molecule has 0 fully saturated rings. The van der Waals surface area contributed by atoms with Crippen LogP contribution in [0, 0.1) is 10.1 Å². The average Bonchev–Trinajstić information content (AvgIpc) is 2.50. The maximum absolute atomic E-state index is 12.7. The van der Waals surface area contributed by atoms with Gasteiger partial charge in [0.25, 0.3) is 0 Å². The van der Waals surface area contributed by atoms with Gasteiger partial charge in [0.15, 0.2) is 0 Å². The zero-order valence-electron chi connectivity index (χ0n) is 12.4. The summed E-state index contributed by atoms with van der Waals surface area (Å²) in [4.78, 5) is 26.7. The standard InChI is InChI=1S/C14H9BrF3N3O4/c1-25-12-7(4-8(15)5-10(12)21(23)24)2-3-9-6-11(14(16,17)18)20-13(22)19-9/h2-6H,1H3,(H,19,20,22)/b3-2+. The molecule has 1 N–H and O–H groups in total. The van der Waals surface area contributed by atoms with Crippen LogP contribution in [0.1, 0.15) is 17.0 Å². The van der Waals surface area contributed by atoms with Crippen LogP contribution in [0.15, 0.2) is 27.5 Å². The van der Waals surface area contributed by atoms with Crippen LogP contribution in [0.4, 0.5) is 18.9 Å². The van der Waals surface area contributed by atoms with E-state index in [2.05, 4.69) is 20.9 Å². The van der Waals surface area contributed by atoms with E-state index < -0.39 is 22.5 Å². The Morgan fingerprint density at radius 2 is 2.00 bits per heavy atom. The van der Waals surface area contributed by atoms with Gasteiger partial charge < -0.3 is 9.72 Å². The number of rotatable bonds is 4. The average molecular weight is 420 g/mol. The first-order valence-corrected chi connectivity index (χ1v) is 7.29. The first-order chi connectivity index (χ1) is 11.6. The maximum Gasteiger partial charge on any atom is 0.431 e. The van der Waals surface area contributed by atoms with Crippen molar-refractivity contribution in [3.05, 3.63) is 60.2 Å². The summed E-state index contributed by atoms with van der Waals surface area (Å²) in [5.74, 6) is -0.0784. The number of nitro groups is 1. The molecular weight excluding hydrogens is 411 g/mol. The molecule has 0 radical (unpaired) electrons. The largest absolute Gasteiger partial charge is 0.490 e. The molecule has 0 bridgehead atoms. The monoisotopic (exact) mass is 419 g/mol. The van der Waals surface area contributed by atoms with Crippen molar-refractivity contribution in [1.82, 2.24) is 9.97 Å². The van der Waals surface area contributed by atoms with E-state index in [-0.39, 0.29) is 22.7 Å². The fourth-order valence-corrected chi connectivity index (χ4v) is 2.43. The Morgan fingerprint density at radius 1 is 1.32 bits per heavy atom. The number of nitro benzene ring substituents is 1. The summed E-state index contributed by atoms with van der Waals surface area (Å²) < 4.78 is 43.5. The van der Waals surface area contributed by atoms with Gasteiger partial charge >= 0.3 is 17.6 Å². The molecule has 0 saturated heterocycles. The summed E-state index contributed by atoms with van der Waals surface area (Å²) in [5, 5.41) is 11.1. The lowest BCUT2D eigenvalue weighted by atomic mass is 10.1. The summed E-state index contributed by atoms with van der Waals surface area (Å²) >= 11 is 3.11. The zero-order valence-corrected chi connectivity index (χ0v) is 14.0. The third-order valence-corrected chi connectivity index (χ3v) is 3.43. The number of nitrogens with zero attached hydrogens (tertiary/aromatic N) is 2. The molecule has 0 atom stereocenters. The lowest BCUT2D eigenvalue weighted by molar-refractivity contribution is -0.385. The molecule has 0 aliphatic carbocycles. The summed E-state index contributed by atoms with van der Waals surface area (Å²) in [5.41, 5.74) is -2.78. The van der Waals surface area contributed by atoms with Crippen molar-refractivity contribution >= 4 is 33.8 Å². The van der Waals surface area contributed by atoms with Crippen LogP contribution in [-0.2, 0) is 6.18 Å². The molecule has 0 saturated carbocycles. The Bertz CT molecular complexity index is 909. The van der Waals surface area contributed by atoms with Crippen LogP contribution < -0.4 is 10.4 Å². The number of methoxy groups -OCH3 is 1. The quantitative estimate of drug-likeness (QED) is 0.602. The van der Waals surface area contributed by atoms with E-state index in [1.54, 1.807) is 4.98 Å². The molecule has 0 aliphatic heterocycles. The first kappa shape index (κ1) is 18.6. The third-order valence-electron chi connectivity index (χ3n) is 2.97. The van der Waals surface area contributed by atoms with Crippen molar-refractivity contribution in [2.45, 2.75) is 6.18 Å². The minimum Gasteiger partial charge on any atom is -0.490 e. The second-order valence-corrected chi connectivity index (χ2v) is 5.58. The molecule has 0 amide bonds. The minimum absolute atomic E-state index is 0.0784. The second kappa shape index (κ2) is 7.05. The van der Waals surface area contributed by atoms with Crippen LogP contribution >= 0.6 is 15.9 Å². The maximum atomic E-state index is 12.7. The number of benzene rings is 1. The summed E-state index contributed by atoms with van der Waals surface area (Å²) in [7, 11) is 1.22.